The van der Waals surface area contributed by atoms with E-state index >= 15 is 0 Å². The summed E-state index contributed by atoms with van der Waals surface area (Å²) < 4.78 is 0. The van der Waals surface area contributed by atoms with Crippen molar-refractivity contribution in [3.63, 3.8) is 0 Å². The second-order valence-electron chi connectivity index (χ2n) is 4.82. The summed E-state index contributed by atoms with van der Waals surface area (Å²) in [4.78, 5) is 1.44. The third-order valence-corrected chi connectivity index (χ3v) is 4.00. The zero-order valence-electron chi connectivity index (χ0n) is 10.3. The fourth-order valence-corrected chi connectivity index (χ4v) is 2.54. The highest BCUT2D eigenvalue weighted by molar-refractivity contribution is 7.10. The van der Waals surface area contributed by atoms with E-state index in [4.69, 9.17) is 5.11 Å². The molecule has 2 N–H and O–H groups in total. The van der Waals surface area contributed by atoms with Gasteiger partial charge in [-0.25, -0.2) is 0 Å². The second-order valence-corrected chi connectivity index (χ2v) is 5.77. The Kier molecular flexibility index (Phi) is 6.03. The molecule has 0 radical (unpaired) electrons. The topological polar surface area (TPSA) is 32.3 Å². The molecule has 0 bridgehead atoms. The predicted octanol–water partition coefficient (Wildman–Crippen LogP) is 2.78. The fourth-order valence-electron chi connectivity index (χ4n) is 1.69. The third kappa shape index (κ3) is 4.64. The quantitative estimate of drug-likeness (QED) is 0.686. The van der Waals surface area contributed by atoms with Crippen molar-refractivity contribution in [1.29, 1.82) is 0 Å². The van der Waals surface area contributed by atoms with Crippen molar-refractivity contribution in [3.8, 4) is 0 Å². The van der Waals surface area contributed by atoms with Crippen molar-refractivity contribution in [3.05, 3.63) is 22.4 Å². The maximum absolute atomic E-state index is 8.66. The van der Waals surface area contributed by atoms with Crippen molar-refractivity contribution in [2.75, 3.05) is 19.7 Å². The standard InChI is InChI=1S/C13H23NOS/c1-13(2,12-7-6-10-16-12)11-14-8-4-3-5-9-15/h6-7,10,14-15H,3-5,8-9,11H2,1-2H3. The van der Waals surface area contributed by atoms with Crippen LogP contribution in [0.3, 0.4) is 0 Å². The highest BCUT2D eigenvalue weighted by Gasteiger charge is 2.20. The van der Waals surface area contributed by atoms with E-state index < -0.39 is 0 Å². The summed E-state index contributed by atoms with van der Waals surface area (Å²) in [5.74, 6) is 0. The Hall–Kier alpha value is -0.380. The smallest absolute Gasteiger partial charge is 0.0431 e. The average molecular weight is 241 g/mol. The maximum atomic E-state index is 8.66. The lowest BCUT2D eigenvalue weighted by Crippen LogP contribution is -2.32. The number of thiophene rings is 1. The molecule has 1 rings (SSSR count). The molecule has 0 aliphatic carbocycles. The highest BCUT2D eigenvalue weighted by atomic mass is 32.1. The lowest BCUT2D eigenvalue weighted by atomic mass is 9.91. The molecule has 0 fully saturated rings. The molecule has 0 spiro atoms. The SMILES string of the molecule is CC(C)(CNCCCCCO)c1cccs1. The lowest BCUT2D eigenvalue weighted by molar-refractivity contribution is 0.282. The van der Waals surface area contributed by atoms with E-state index in [-0.39, 0.29) is 5.41 Å². The third-order valence-electron chi connectivity index (χ3n) is 2.77. The fraction of sp³-hybridized carbons (Fsp3) is 0.692. The van der Waals surface area contributed by atoms with Crippen LogP contribution in [0.1, 0.15) is 38.0 Å². The Morgan fingerprint density at radius 2 is 2.12 bits per heavy atom. The molecule has 1 heterocycles. The molecular formula is C13H23NOS. The van der Waals surface area contributed by atoms with E-state index in [9.17, 15) is 0 Å². The van der Waals surface area contributed by atoms with Gasteiger partial charge in [0.2, 0.25) is 0 Å². The van der Waals surface area contributed by atoms with Crippen molar-refractivity contribution in [1.82, 2.24) is 5.32 Å². The van der Waals surface area contributed by atoms with Crippen molar-refractivity contribution < 1.29 is 5.11 Å². The van der Waals surface area contributed by atoms with Gasteiger partial charge in [0.1, 0.15) is 0 Å². The number of hydrogen-bond acceptors (Lipinski definition) is 3. The zero-order valence-corrected chi connectivity index (χ0v) is 11.1. The Morgan fingerprint density at radius 3 is 2.75 bits per heavy atom. The summed E-state index contributed by atoms with van der Waals surface area (Å²) >= 11 is 1.83. The molecule has 0 saturated carbocycles. The lowest BCUT2D eigenvalue weighted by Gasteiger charge is -2.23. The first-order valence-corrected chi connectivity index (χ1v) is 6.90. The first-order chi connectivity index (χ1) is 7.67. The van der Waals surface area contributed by atoms with Crippen molar-refractivity contribution in [2.24, 2.45) is 0 Å². The van der Waals surface area contributed by atoms with Crippen LogP contribution >= 0.6 is 11.3 Å². The van der Waals surface area contributed by atoms with Gasteiger partial charge in [0, 0.05) is 23.4 Å². The molecule has 1 aromatic rings. The Balaban J connectivity index is 2.17. The minimum atomic E-state index is 0.227. The van der Waals surface area contributed by atoms with E-state index in [2.05, 4.69) is 36.7 Å². The van der Waals surface area contributed by atoms with Gasteiger partial charge in [-0.1, -0.05) is 19.9 Å². The van der Waals surface area contributed by atoms with Crippen LogP contribution in [-0.2, 0) is 5.41 Å². The van der Waals surface area contributed by atoms with E-state index in [0.717, 1.165) is 32.4 Å². The average Bonchev–Trinajstić information content (AvgIpc) is 2.77. The number of aliphatic hydroxyl groups excluding tert-OH is 1. The molecule has 1 aromatic heterocycles. The van der Waals surface area contributed by atoms with E-state index in [1.165, 1.54) is 4.88 Å². The molecule has 0 aliphatic rings. The zero-order chi connectivity index (χ0) is 11.9. The van der Waals surface area contributed by atoms with Gasteiger partial charge in [0.15, 0.2) is 0 Å². The molecule has 0 aliphatic heterocycles. The largest absolute Gasteiger partial charge is 0.396 e. The van der Waals surface area contributed by atoms with Gasteiger partial charge in [-0.05, 0) is 37.3 Å². The van der Waals surface area contributed by atoms with Gasteiger partial charge in [-0.3, -0.25) is 0 Å². The van der Waals surface area contributed by atoms with Crippen LogP contribution in [0.4, 0.5) is 0 Å². The number of rotatable bonds is 8. The number of nitrogens with one attached hydrogen (secondary N) is 1. The Morgan fingerprint density at radius 1 is 1.31 bits per heavy atom. The molecular weight excluding hydrogens is 218 g/mol. The first-order valence-electron chi connectivity index (χ1n) is 6.02. The number of unbranched alkanes of at least 4 members (excludes halogenated alkanes) is 2. The van der Waals surface area contributed by atoms with E-state index in [1.807, 2.05) is 11.3 Å². The van der Waals surface area contributed by atoms with Gasteiger partial charge in [-0.15, -0.1) is 11.3 Å². The number of aliphatic hydroxyl groups is 1. The molecule has 0 atom stereocenters. The Bertz CT molecular complexity index is 269. The molecule has 92 valence electrons. The van der Waals surface area contributed by atoms with Crippen molar-refractivity contribution >= 4 is 11.3 Å². The molecule has 0 saturated heterocycles. The highest BCUT2D eigenvalue weighted by Crippen LogP contribution is 2.26. The monoisotopic (exact) mass is 241 g/mol. The van der Waals surface area contributed by atoms with Crippen LogP contribution in [0.25, 0.3) is 0 Å². The minimum Gasteiger partial charge on any atom is -0.396 e. The van der Waals surface area contributed by atoms with Gasteiger partial charge in [0.05, 0.1) is 0 Å². The van der Waals surface area contributed by atoms with Gasteiger partial charge < -0.3 is 10.4 Å². The van der Waals surface area contributed by atoms with Gasteiger partial charge in [-0.2, -0.15) is 0 Å². The van der Waals surface area contributed by atoms with Crippen LogP contribution in [0.5, 0.6) is 0 Å². The summed E-state index contributed by atoms with van der Waals surface area (Å²) in [7, 11) is 0. The molecule has 0 aromatic carbocycles. The van der Waals surface area contributed by atoms with Crippen LogP contribution in [0, 0.1) is 0 Å². The summed E-state index contributed by atoms with van der Waals surface area (Å²) in [5, 5.41) is 14.3. The second kappa shape index (κ2) is 7.05. The summed E-state index contributed by atoms with van der Waals surface area (Å²) in [5.41, 5.74) is 0.227. The van der Waals surface area contributed by atoms with Gasteiger partial charge in [0.25, 0.3) is 0 Å². The summed E-state index contributed by atoms with van der Waals surface area (Å²) in [6, 6.07) is 4.32. The van der Waals surface area contributed by atoms with Gasteiger partial charge >= 0.3 is 0 Å². The van der Waals surface area contributed by atoms with E-state index in [0.29, 0.717) is 6.61 Å². The predicted molar refractivity (Wildman–Crippen MR) is 71.2 cm³/mol. The molecule has 0 unspecified atom stereocenters. The minimum absolute atomic E-state index is 0.227. The van der Waals surface area contributed by atoms with E-state index in [1.54, 1.807) is 0 Å². The van der Waals surface area contributed by atoms with Crippen molar-refractivity contribution in [2.45, 2.75) is 38.5 Å². The summed E-state index contributed by atoms with van der Waals surface area (Å²) in [6.07, 6.45) is 3.19. The summed E-state index contributed by atoms with van der Waals surface area (Å²) in [6.45, 7) is 6.95. The molecule has 3 heteroatoms. The Labute approximate surface area is 103 Å². The van der Waals surface area contributed by atoms with Crippen LogP contribution in [-0.4, -0.2) is 24.8 Å². The van der Waals surface area contributed by atoms with Crippen LogP contribution in [0.2, 0.25) is 0 Å². The molecule has 16 heavy (non-hydrogen) atoms. The maximum Gasteiger partial charge on any atom is 0.0431 e. The van der Waals surface area contributed by atoms with Crippen LogP contribution < -0.4 is 5.32 Å². The molecule has 0 amide bonds. The van der Waals surface area contributed by atoms with Crippen LogP contribution in [0.15, 0.2) is 17.5 Å². The number of hydrogen-bond donors (Lipinski definition) is 2. The molecule has 2 nitrogen and oxygen atoms in total. The first kappa shape index (κ1) is 13.7. The normalized spacial score (nSPS) is 11.9.